The van der Waals surface area contributed by atoms with E-state index in [-0.39, 0.29) is 27.1 Å². The van der Waals surface area contributed by atoms with E-state index in [9.17, 15) is 14.9 Å². The molecule has 0 radical (unpaired) electrons. The van der Waals surface area contributed by atoms with E-state index in [0.29, 0.717) is 21.8 Å². The minimum atomic E-state index is -0.585. The lowest BCUT2D eigenvalue weighted by Crippen LogP contribution is -2.12. The first kappa shape index (κ1) is 21.6. The molecule has 148 valence electrons. The van der Waals surface area contributed by atoms with Crippen molar-refractivity contribution < 1.29 is 9.59 Å². The number of halogens is 3. The topological polar surface area (TPSA) is 70.0 Å². The number of Topliss-reactive ketones (excluding diaryl/α,β-unsaturated/α-hetero) is 1. The number of carbonyl (C=O) groups is 2. The van der Waals surface area contributed by atoms with Crippen LogP contribution in [0.25, 0.3) is 6.08 Å². The standard InChI is InChI=1S/C23H13Cl3N2O2/c24-18-8-2-1-7-17(18)23(30)28-16-6-3-5-14(12-16)11-15(13-27)22(29)21-19(25)9-4-10-20(21)26/h1-12H,(H,28,30)/b15-11+. The molecule has 0 bridgehead atoms. The van der Waals surface area contributed by atoms with Crippen LogP contribution in [0.4, 0.5) is 5.69 Å². The Morgan fingerprint density at radius 3 is 2.17 bits per heavy atom. The minimum Gasteiger partial charge on any atom is -0.322 e. The molecule has 30 heavy (non-hydrogen) atoms. The fourth-order valence-corrected chi connectivity index (χ4v) is 3.51. The fourth-order valence-electron chi connectivity index (χ4n) is 2.71. The Morgan fingerprint density at radius 1 is 0.867 bits per heavy atom. The van der Waals surface area contributed by atoms with E-state index in [1.54, 1.807) is 54.6 Å². The first-order chi connectivity index (χ1) is 14.4. The molecule has 3 rings (SSSR count). The van der Waals surface area contributed by atoms with E-state index in [0.717, 1.165) is 0 Å². The Labute approximate surface area is 188 Å². The predicted molar refractivity (Wildman–Crippen MR) is 120 cm³/mol. The predicted octanol–water partition coefficient (Wildman–Crippen LogP) is 6.69. The second-order valence-electron chi connectivity index (χ2n) is 6.16. The Kier molecular flexibility index (Phi) is 6.91. The molecule has 0 saturated carbocycles. The summed E-state index contributed by atoms with van der Waals surface area (Å²) in [4.78, 5) is 25.2. The molecule has 1 amide bonds. The molecule has 4 nitrogen and oxygen atoms in total. The molecule has 7 heteroatoms. The number of amides is 1. The van der Waals surface area contributed by atoms with Crippen LogP contribution in [0.2, 0.25) is 15.1 Å². The molecule has 0 atom stereocenters. The van der Waals surface area contributed by atoms with Crippen molar-refractivity contribution in [2.75, 3.05) is 5.32 Å². The van der Waals surface area contributed by atoms with Crippen molar-refractivity contribution >= 4 is 58.3 Å². The summed E-state index contributed by atoms with van der Waals surface area (Å²) < 4.78 is 0. The number of benzene rings is 3. The van der Waals surface area contributed by atoms with Gasteiger partial charge in [0.2, 0.25) is 5.78 Å². The minimum absolute atomic E-state index is 0.0665. The Balaban J connectivity index is 1.88. The van der Waals surface area contributed by atoms with Gasteiger partial charge in [-0.15, -0.1) is 0 Å². The summed E-state index contributed by atoms with van der Waals surface area (Å²) in [5.41, 5.74) is 1.28. The number of hydrogen-bond acceptors (Lipinski definition) is 3. The molecule has 0 aliphatic carbocycles. The van der Waals surface area contributed by atoms with Crippen LogP contribution in [0, 0.1) is 11.3 Å². The second-order valence-corrected chi connectivity index (χ2v) is 7.38. The van der Waals surface area contributed by atoms with Crippen molar-refractivity contribution in [1.82, 2.24) is 0 Å². The number of nitriles is 1. The molecular weight excluding hydrogens is 443 g/mol. The van der Waals surface area contributed by atoms with E-state index < -0.39 is 5.78 Å². The van der Waals surface area contributed by atoms with E-state index in [4.69, 9.17) is 34.8 Å². The van der Waals surface area contributed by atoms with Gasteiger partial charge in [-0.2, -0.15) is 5.26 Å². The summed E-state index contributed by atoms with van der Waals surface area (Å²) in [6, 6.07) is 19.9. The van der Waals surface area contributed by atoms with Crippen molar-refractivity contribution in [1.29, 1.82) is 5.26 Å². The zero-order valence-electron chi connectivity index (χ0n) is 15.3. The van der Waals surface area contributed by atoms with Gasteiger partial charge in [-0.25, -0.2) is 0 Å². The van der Waals surface area contributed by atoms with Crippen LogP contribution in [0.1, 0.15) is 26.3 Å². The zero-order chi connectivity index (χ0) is 21.7. The van der Waals surface area contributed by atoms with Crippen molar-refractivity contribution in [3.8, 4) is 6.07 Å². The number of carbonyl (C=O) groups excluding carboxylic acids is 2. The largest absolute Gasteiger partial charge is 0.322 e. The van der Waals surface area contributed by atoms with Crippen LogP contribution in [-0.4, -0.2) is 11.7 Å². The fraction of sp³-hybridized carbons (Fsp3) is 0. The number of rotatable bonds is 5. The van der Waals surface area contributed by atoms with Gasteiger partial charge in [0.15, 0.2) is 0 Å². The van der Waals surface area contributed by atoms with Crippen LogP contribution in [-0.2, 0) is 0 Å². The van der Waals surface area contributed by atoms with Gasteiger partial charge >= 0.3 is 0 Å². The smallest absolute Gasteiger partial charge is 0.257 e. The zero-order valence-corrected chi connectivity index (χ0v) is 17.6. The van der Waals surface area contributed by atoms with Crippen molar-refractivity contribution in [3.05, 3.63) is 104 Å². The van der Waals surface area contributed by atoms with Crippen LogP contribution in [0.3, 0.4) is 0 Å². The Bertz CT molecular complexity index is 1190. The Hall–Kier alpha value is -3.10. The maximum absolute atomic E-state index is 12.8. The first-order valence-corrected chi connectivity index (χ1v) is 9.80. The normalized spacial score (nSPS) is 10.9. The van der Waals surface area contributed by atoms with Gasteiger partial charge in [-0.1, -0.05) is 65.1 Å². The highest BCUT2D eigenvalue weighted by atomic mass is 35.5. The number of allylic oxidation sites excluding steroid dienone is 1. The highest BCUT2D eigenvalue weighted by Crippen LogP contribution is 2.27. The van der Waals surface area contributed by atoms with Gasteiger partial charge in [0.1, 0.15) is 11.6 Å². The summed E-state index contributed by atoms with van der Waals surface area (Å²) >= 11 is 18.2. The summed E-state index contributed by atoms with van der Waals surface area (Å²) in [7, 11) is 0. The quantitative estimate of drug-likeness (QED) is 0.265. The third-order valence-corrected chi connectivity index (χ3v) is 5.09. The van der Waals surface area contributed by atoms with Gasteiger partial charge in [0, 0.05) is 5.69 Å². The number of ketones is 1. The van der Waals surface area contributed by atoms with Crippen molar-refractivity contribution in [2.45, 2.75) is 0 Å². The second kappa shape index (κ2) is 9.60. The summed E-state index contributed by atoms with van der Waals surface area (Å²) in [5.74, 6) is -0.959. The molecule has 0 spiro atoms. The highest BCUT2D eigenvalue weighted by Gasteiger charge is 2.19. The average molecular weight is 456 g/mol. The molecule has 3 aromatic rings. The highest BCUT2D eigenvalue weighted by molar-refractivity contribution is 6.41. The van der Waals surface area contributed by atoms with Crippen LogP contribution in [0.5, 0.6) is 0 Å². The molecule has 0 aliphatic heterocycles. The molecule has 0 fully saturated rings. The van der Waals surface area contributed by atoms with E-state index in [1.807, 2.05) is 6.07 Å². The molecular formula is C23H13Cl3N2O2. The average Bonchev–Trinajstić information content (AvgIpc) is 2.72. The summed E-state index contributed by atoms with van der Waals surface area (Å²) in [6.45, 7) is 0. The van der Waals surface area contributed by atoms with E-state index in [1.165, 1.54) is 18.2 Å². The SMILES string of the molecule is N#C/C(=C\c1cccc(NC(=O)c2ccccc2Cl)c1)C(=O)c1c(Cl)cccc1Cl. The van der Waals surface area contributed by atoms with Gasteiger partial charge in [0.25, 0.3) is 5.91 Å². The number of hydrogen-bond donors (Lipinski definition) is 1. The maximum atomic E-state index is 12.8. The summed E-state index contributed by atoms with van der Waals surface area (Å²) in [5, 5.41) is 12.9. The number of nitrogens with zero attached hydrogens (tertiary/aromatic N) is 1. The van der Waals surface area contributed by atoms with Gasteiger partial charge in [0.05, 0.1) is 26.2 Å². The van der Waals surface area contributed by atoms with Gasteiger partial charge in [-0.3, -0.25) is 9.59 Å². The summed E-state index contributed by atoms with van der Waals surface area (Å²) in [6.07, 6.45) is 1.41. The van der Waals surface area contributed by atoms with Crippen molar-refractivity contribution in [2.24, 2.45) is 0 Å². The number of nitrogens with one attached hydrogen (secondary N) is 1. The van der Waals surface area contributed by atoms with E-state index in [2.05, 4.69) is 5.32 Å². The molecule has 0 aromatic heterocycles. The molecule has 1 N–H and O–H groups in total. The van der Waals surface area contributed by atoms with Crippen molar-refractivity contribution in [3.63, 3.8) is 0 Å². The monoisotopic (exact) mass is 454 g/mol. The Morgan fingerprint density at radius 2 is 1.50 bits per heavy atom. The molecule has 0 aliphatic rings. The lowest BCUT2D eigenvalue weighted by Gasteiger charge is -2.08. The van der Waals surface area contributed by atoms with Crippen LogP contribution >= 0.6 is 34.8 Å². The molecule has 0 unspecified atom stereocenters. The first-order valence-electron chi connectivity index (χ1n) is 8.67. The van der Waals surface area contributed by atoms with E-state index >= 15 is 0 Å². The number of anilines is 1. The maximum Gasteiger partial charge on any atom is 0.257 e. The van der Waals surface area contributed by atoms with Crippen LogP contribution in [0.15, 0.2) is 72.3 Å². The third-order valence-electron chi connectivity index (χ3n) is 4.13. The third kappa shape index (κ3) is 4.90. The lowest BCUT2D eigenvalue weighted by molar-refractivity contribution is 0.102. The van der Waals surface area contributed by atoms with Gasteiger partial charge < -0.3 is 5.32 Å². The molecule has 0 saturated heterocycles. The molecule has 0 heterocycles. The van der Waals surface area contributed by atoms with Crippen LogP contribution < -0.4 is 5.32 Å². The molecule has 3 aromatic carbocycles. The lowest BCUT2D eigenvalue weighted by atomic mass is 10.0. The van der Waals surface area contributed by atoms with Gasteiger partial charge in [-0.05, 0) is 48.0 Å².